The van der Waals surface area contributed by atoms with Gasteiger partial charge in [-0.15, -0.1) is 0 Å². The molecule has 0 radical (unpaired) electrons. The van der Waals surface area contributed by atoms with Crippen LogP contribution in [-0.2, 0) is 25.8 Å². The summed E-state index contributed by atoms with van der Waals surface area (Å²) < 4.78 is 6.04. The van der Waals surface area contributed by atoms with E-state index in [2.05, 4.69) is 31.1 Å². The van der Waals surface area contributed by atoms with Crippen LogP contribution in [0.1, 0.15) is 16.7 Å². The van der Waals surface area contributed by atoms with Crippen LogP contribution in [-0.4, -0.2) is 43.3 Å². The first-order chi connectivity index (χ1) is 13.5. The molecule has 0 unspecified atom stereocenters. The molecule has 148 valence electrons. The van der Waals surface area contributed by atoms with Crippen molar-refractivity contribution in [2.75, 3.05) is 20.8 Å². The van der Waals surface area contributed by atoms with Gasteiger partial charge in [0.25, 0.3) is 0 Å². The first-order valence-corrected chi connectivity index (χ1v) is 9.21. The summed E-state index contributed by atoms with van der Waals surface area (Å²) in [5.74, 6) is -1.25. The van der Waals surface area contributed by atoms with E-state index in [9.17, 15) is 9.90 Å². The molecule has 0 bridgehead atoms. The summed E-state index contributed by atoms with van der Waals surface area (Å²) in [7, 11) is 2.82. The van der Waals surface area contributed by atoms with Gasteiger partial charge < -0.3 is 19.5 Å². The Balaban J connectivity index is 2.33. The van der Waals surface area contributed by atoms with E-state index in [0.717, 1.165) is 10.0 Å². The summed E-state index contributed by atoms with van der Waals surface area (Å²) >= 11 is 9.72. The Morgan fingerprint density at radius 1 is 1.11 bits per heavy atom. The number of halogens is 2. The third-order valence-corrected chi connectivity index (χ3v) is 4.65. The lowest BCUT2D eigenvalue weighted by Crippen LogP contribution is -2.17. The molecule has 0 aliphatic rings. The summed E-state index contributed by atoms with van der Waals surface area (Å²) in [4.78, 5) is 21.6. The third kappa shape index (κ3) is 5.54. The van der Waals surface area contributed by atoms with Crippen molar-refractivity contribution in [3.63, 3.8) is 0 Å². The molecule has 0 saturated heterocycles. The SMILES string of the molecule is COC/C(=N\OCc1c(Cl)cccc1/C(=N\OC)C(=O)O)c1ccccc1Br. The molecular formula is C19H18BrClN2O5. The average Bonchev–Trinajstić information content (AvgIpc) is 2.67. The lowest BCUT2D eigenvalue weighted by Gasteiger charge is -2.12. The first kappa shape index (κ1) is 21.9. The second kappa shape index (κ2) is 10.8. The quantitative estimate of drug-likeness (QED) is 0.441. The van der Waals surface area contributed by atoms with E-state index < -0.39 is 5.97 Å². The van der Waals surface area contributed by atoms with Gasteiger partial charge in [-0.3, -0.25) is 0 Å². The topological polar surface area (TPSA) is 89.7 Å². The molecule has 0 aliphatic carbocycles. The Morgan fingerprint density at radius 2 is 1.82 bits per heavy atom. The van der Waals surface area contributed by atoms with Crippen LogP contribution in [0.3, 0.4) is 0 Å². The van der Waals surface area contributed by atoms with Crippen LogP contribution in [0, 0.1) is 0 Å². The van der Waals surface area contributed by atoms with Crippen molar-refractivity contribution in [3.8, 4) is 0 Å². The highest BCUT2D eigenvalue weighted by Crippen LogP contribution is 2.23. The molecule has 2 aromatic carbocycles. The van der Waals surface area contributed by atoms with Crippen molar-refractivity contribution in [2.45, 2.75) is 6.61 Å². The number of hydrogen-bond acceptors (Lipinski definition) is 6. The Bertz CT molecular complexity index is 902. The van der Waals surface area contributed by atoms with Gasteiger partial charge >= 0.3 is 5.97 Å². The molecule has 1 N–H and O–H groups in total. The van der Waals surface area contributed by atoms with Gasteiger partial charge in [0.05, 0.1) is 6.61 Å². The molecule has 0 saturated carbocycles. The maximum atomic E-state index is 11.5. The second-order valence-corrected chi connectivity index (χ2v) is 6.68. The minimum atomic E-state index is -1.25. The van der Waals surface area contributed by atoms with E-state index >= 15 is 0 Å². The molecule has 0 atom stereocenters. The van der Waals surface area contributed by atoms with Gasteiger partial charge in [-0.2, -0.15) is 0 Å². The van der Waals surface area contributed by atoms with Crippen LogP contribution in [0.4, 0.5) is 0 Å². The number of oxime groups is 2. The second-order valence-electron chi connectivity index (χ2n) is 5.42. The van der Waals surface area contributed by atoms with E-state index in [1.54, 1.807) is 25.3 Å². The standard InChI is InChI=1S/C19H18BrClN2O5/c1-26-11-17(13-6-3-4-8-15(13)20)22-28-10-14-12(7-5-9-16(14)21)18(19(24)25)23-27-2/h3-9H,10-11H2,1-2H3,(H,24,25)/b22-17+,23-18+. The van der Waals surface area contributed by atoms with Crippen LogP contribution < -0.4 is 0 Å². The van der Waals surface area contributed by atoms with Gasteiger partial charge in [0.1, 0.15) is 19.4 Å². The highest BCUT2D eigenvalue weighted by molar-refractivity contribution is 9.10. The third-order valence-electron chi connectivity index (χ3n) is 3.61. The fourth-order valence-electron chi connectivity index (χ4n) is 2.38. The van der Waals surface area contributed by atoms with E-state index in [1.165, 1.54) is 7.11 Å². The van der Waals surface area contributed by atoms with Gasteiger partial charge in [-0.1, -0.05) is 68.2 Å². The number of ether oxygens (including phenoxy) is 1. The molecule has 0 aliphatic heterocycles. The highest BCUT2D eigenvalue weighted by atomic mass is 79.9. The average molecular weight is 470 g/mol. The Morgan fingerprint density at radius 3 is 2.46 bits per heavy atom. The summed E-state index contributed by atoms with van der Waals surface area (Å²) in [6.45, 7) is 0.159. The van der Waals surface area contributed by atoms with E-state index in [4.69, 9.17) is 21.2 Å². The zero-order chi connectivity index (χ0) is 20.5. The number of carboxylic acids is 1. The van der Waals surface area contributed by atoms with Crippen LogP contribution in [0.15, 0.2) is 57.2 Å². The van der Waals surface area contributed by atoms with Crippen LogP contribution in [0.5, 0.6) is 0 Å². The van der Waals surface area contributed by atoms with Crippen molar-refractivity contribution in [1.29, 1.82) is 0 Å². The molecule has 28 heavy (non-hydrogen) atoms. The van der Waals surface area contributed by atoms with Gasteiger partial charge in [0.15, 0.2) is 5.71 Å². The van der Waals surface area contributed by atoms with Crippen molar-refractivity contribution >= 4 is 44.9 Å². The van der Waals surface area contributed by atoms with Gasteiger partial charge in [0, 0.05) is 33.3 Å². The monoisotopic (exact) mass is 468 g/mol. The molecule has 2 rings (SSSR count). The lowest BCUT2D eigenvalue weighted by molar-refractivity contribution is -0.129. The maximum Gasteiger partial charge on any atom is 0.358 e. The maximum absolute atomic E-state index is 11.5. The molecule has 2 aromatic rings. The number of benzene rings is 2. The predicted molar refractivity (Wildman–Crippen MR) is 110 cm³/mol. The van der Waals surface area contributed by atoms with E-state index in [0.29, 0.717) is 16.3 Å². The van der Waals surface area contributed by atoms with Gasteiger partial charge in [-0.25, -0.2) is 4.79 Å². The Kier molecular flexibility index (Phi) is 8.43. The predicted octanol–water partition coefficient (Wildman–Crippen LogP) is 4.10. The van der Waals surface area contributed by atoms with Crippen molar-refractivity contribution in [2.24, 2.45) is 10.3 Å². The molecule has 0 heterocycles. The number of hydrogen-bond donors (Lipinski definition) is 1. The molecule has 0 amide bonds. The summed E-state index contributed by atoms with van der Waals surface area (Å²) in [6, 6.07) is 12.3. The molecule has 0 fully saturated rings. The molecule has 7 nitrogen and oxygen atoms in total. The fourth-order valence-corrected chi connectivity index (χ4v) is 3.12. The van der Waals surface area contributed by atoms with Crippen LogP contribution in [0.2, 0.25) is 5.02 Å². The number of carboxylic acid groups (broad SMARTS) is 1. The smallest absolute Gasteiger partial charge is 0.358 e. The van der Waals surface area contributed by atoms with Crippen LogP contribution >= 0.6 is 27.5 Å². The van der Waals surface area contributed by atoms with Gasteiger partial charge in [0.2, 0.25) is 0 Å². The first-order valence-electron chi connectivity index (χ1n) is 8.04. The number of carbonyl (C=O) groups is 1. The number of rotatable bonds is 9. The van der Waals surface area contributed by atoms with Crippen molar-refractivity contribution in [1.82, 2.24) is 0 Å². The summed E-state index contributed by atoms with van der Waals surface area (Å²) in [5, 5.41) is 17.4. The summed E-state index contributed by atoms with van der Waals surface area (Å²) in [6.07, 6.45) is 0. The Hall–Kier alpha value is -2.42. The highest BCUT2D eigenvalue weighted by Gasteiger charge is 2.20. The molecular weight excluding hydrogens is 452 g/mol. The minimum absolute atomic E-state index is 0.0668. The van der Waals surface area contributed by atoms with Gasteiger partial charge in [-0.05, 0) is 12.1 Å². The van der Waals surface area contributed by atoms with Crippen LogP contribution in [0.25, 0.3) is 0 Å². The number of methoxy groups -OCH3 is 1. The minimum Gasteiger partial charge on any atom is -0.476 e. The number of aliphatic carboxylic acids is 1. The lowest BCUT2D eigenvalue weighted by atomic mass is 10.0. The summed E-state index contributed by atoms with van der Waals surface area (Å²) in [5.41, 5.74) is 1.81. The molecule has 0 spiro atoms. The van der Waals surface area contributed by atoms with Crippen molar-refractivity contribution < 1.29 is 24.3 Å². The van der Waals surface area contributed by atoms with E-state index in [-0.39, 0.29) is 24.5 Å². The van der Waals surface area contributed by atoms with Crippen molar-refractivity contribution in [3.05, 3.63) is 68.7 Å². The zero-order valence-electron chi connectivity index (χ0n) is 15.2. The molecule has 9 heteroatoms. The van der Waals surface area contributed by atoms with E-state index in [1.807, 2.05) is 24.3 Å². The Labute approximate surface area is 175 Å². The fraction of sp³-hybridized carbons (Fsp3) is 0.211. The zero-order valence-corrected chi connectivity index (χ0v) is 17.5. The normalized spacial score (nSPS) is 12.0. The molecule has 0 aromatic heterocycles. The number of nitrogens with zero attached hydrogens (tertiary/aromatic N) is 2. The largest absolute Gasteiger partial charge is 0.476 e.